The number of aromatic amines is 1. The van der Waals surface area contributed by atoms with Gasteiger partial charge in [0.2, 0.25) is 5.78 Å². The molecule has 6 heteroatoms. The predicted octanol–water partition coefficient (Wildman–Crippen LogP) is 3.82. The number of aromatic nitrogens is 1. The summed E-state index contributed by atoms with van der Waals surface area (Å²) in [6.45, 7) is 1.98. The molecule has 1 aliphatic rings. The Morgan fingerprint density at radius 3 is 2.50 bits per heavy atom. The first kappa shape index (κ1) is 18.1. The summed E-state index contributed by atoms with van der Waals surface area (Å²) in [7, 11) is 0. The monoisotopic (exact) mass is 398 g/mol. The number of nitrogens with one attached hydrogen (secondary N) is 2. The molecule has 1 amide bonds. The number of fused-ring (bicyclic) bond motifs is 3. The van der Waals surface area contributed by atoms with E-state index < -0.39 is 5.91 Å². The Hall–Kier alpha value is -3.93. The number of benzene rings is 2. The fourth-order valence-corrected chi connectivity index (χ4v) is 4.07. The van der Waals surface area contributed by atoms with Gasteiger partial charge in [0.05, 0.1) is 11.1 Å². The van der Waals surface area contributed by atoms with Crippen molar-refractivity contribution in [2.75, 3.05) is 6.54 Å². The van der Waals surface area contributed by atoms with Crippen LogP contribution in [0.25, 0.3) is 10.9 Å². The van der Waals surface area contributed by atoms with E-state index in [0.717, 1.165) is 16.5 Å². The predicted molar refractivity (Wildman–Crippen MR) is 111 cm³/mol. The molecule has 30 heavy (non-hydrogen) atoms. The standard InChI is InChI=1S/C24H18N2O4/c1-13-19(20-21(27)16-7-2-3-8-17(16)22(28)23(20)30-13)24(29)25-11-10-14-12-26-18-9-5-4-6-15(14)18/h2-9,12,26H,10-11H2,1H3,(H,25,29). The number of para-hydroxylation sites is 1. The molecule has 6 nitrogen and oxygen atoms in total. The van der Waals surface area contributed by atoms with Crippen molar-refractivity contribution in [2.45, 2.75) is 13.3 Å². The average molecular weight is 398 g/mol. The van der Waals surface area contributed by atoms with Crippen molar-refractivity contribution in [3.05, 3.63) is 94.1 Å². The molecule has 0 atom stereocenters. The molecule has 2 aromatic carbocycles. The zero-order valence-electron chi connectivity index (χ0n) is 16.2. The molecule has 0 saturated heterocycles. The van der Waals surface area contributed by atoms with Crippen LogP contribution in [0.15, 0.2) is 59.1 Å². The van der Waals surface area contributed by atoms with E-state index in [9.17, 15) is 14.4 Å². The van der Waals surface area contributed by atoms with Gasteiger partial charge in [-0.05, 0) is 25.0 Å². The molecule has 2 aromatic heterocycles. The first-order valence-corrected chi connectivity index (χ1v) is 9.71. The molecular weight excluding hydrogens is 380 g/mol. The van der Waals surface area contributed by atoms with Crippen LogP contribution in [0.3, 0.4) is 0 Å². The van der Waals surface area contributed by atoms with E-state index in [0.29, 0.717) is 24.1 Å². The Balaban J connectivity index is 1.40. The molecule has 2 N–H and O–H groups in total. The number of hydrogen-bond acceptors (Lipinski definition) is 4. The average Bonchev–Trinajstić information content (AvgIpc) is 3.33. The fraction of sp³-hybridized carbons (Fsp3) is 0.125. The molecule has 2 heterocycles. The molecule has 5 rings (SSSR count). The highest BCUT2D eigenvalue weighted by Crippen LogP contribution is 2.33. The lowest BCUT2D eigenvalue weighted by Gasteiger charge is -2.13. The molecule has 0 saturated carbocycles. The minimum Gasteiger partial charge on any atom is -0.456 e. The first-order valence-electron chi connectivity index (χ1n) is 9.71. The van der Waals surface area contributed by atoms with Crippen LogP contribution in [0.2, 0.25) is 0 Å². The van der Waals surface area contributed by atoms with Crippen LogP contribution in [-0.4, -0.2) is 29.0 Å². The van der Waals surface area contributed by atoms with Crippen molar-refractivity contribution in [2.24, 2.45) is 0 Å². The third kappa shape index (κ3) is 2.69. The quantitative estimate of drug-likeness (QED) is 0.481. The van der Waals surface area contributed by atoms with E-state index in [1.165, 1.54) is 0 Å². The van der Waals surface area contributed by atoms with Crippen molar-refractivity contribution < 1.29 is 18.8 Å². The van der Waals surface area contributed by atoms with Gasteiger partial charge < -0.3 is 14.7 Å². The van der Waals surface area contributed by atoms with E-state index in [-0.39, 0.29) is 34.2 Å². The zero-order valence-corrected chi connectivity index (χ0v) is 16.2. The van der Waals surface area contributed by atoms with Gasteiger partial charge in [-0.2, -0.15) is 0 Å². The van der Waals surface area contributed by atoms with Crippen molar-refractivity contribution in [1.82, 2.24) is 10.3 Å². The van der Waals surface area contributed by atoms with E-state index in [1.54, 1.807) is 31.2 Å². The minimum atomic E-state index is -0.419. The highest BCUT2D eigenvalue weighted by Gasteiger charge is 2.38. The van der Waals surface area contributed by atoms with Gasteiger partial charge in [0.15, 0.2) is 11.5 Å². The van der Waals surface area contributed by atoms with Crippen molar-refractivity contribution in [3.63, 3.8) is 0 Å². The van der Waals surface area contributed by atoms with Crippen LogP contribution < -0.4 is 5.32 Å². The third-order valence-corrected chi connectivity index (χ3v) is 5.52. The lowest BCUT2D eigenvalue weighted by molar-refractivity contribution is 0.0938. The summed E-state index contributed by atoms with van der Waals surface area (Å²) < 4.78 is 5.57. The van der Waals surface area contributed by atoms with Crippen molar-refractivity contribution in [1.29, 1.82) is 0 Å². The SMILES string of the molecule is Cc1oc2c(c1C(=O)NCCc1c[nH]c3ccccc13)C(=O)c1ccccc1C2=O. The molecule has 0 aliphatic heterocycles. The Labute approximate surface area is 171 Å². The van der Waals surface area contributed by atoms with Crippen LogP contribution in [0, 0.1) is 6.92 Å². The maximum Gasteiger partial charge on any atom is 0.255 e. The molecule has 0 unspecified atom stereocenters. The van der Waals surface area contributed by atoms with Crippen LogP contribution in [0.4, 0.5) is 0 Å². The number of aryl methyl sites for hydroxylation is 1. The lowest BCUT2D eigenvalue weighted by Crippen LogP contribution is -2.29. The summed E-state index contributed by atoms with van der Waals surface area (Å²) in [6, 6.07) is 14.6. The van der Waals surface area contributed by atoms with Crippen molar-refractivity contribution >= 4 is 28.4 Å². The summed E-state index contributed by atoms with van der Waals surface area (Å²) in [5.74, 6) is -0.949. The molecule has 0 bridgehead atoms. The fourth-order valence-electron chi connectivity index (χ4n) is 4.07. The number of hydrogen-bond donors (Lipinski definition) is 2. The van der Waals surface area contributed by atoms with Gasteiger partial charge in [0, 0.05) is 34.8 Å². The third-order valence-electron chi connectivity index (χ3n) is 5.52. The molecule has 0 spiro atoms. The first-order chi connectivity index (χ1) is 14.6. The Morgan fingerprint density at radius 2 is 1.70 bits per heavy atom. The van der Waals surface area contributed by atoms with E-state index in [1.807, 2.05) is 30.5 Å². The van der Waals surface area contributed by atoms with Gasteiger partial charge in [-0.1, -0.05) is 42.5 Å². The summed E-state index contributed by atoms with van der Waals surface area (Å²) in [6.07, 6.45) is 2.56. The van der Waals surface area contributed by atoms with Gasteiger partial charge in [-0.15, -0.1) is 0 Å². The maximum atomic E-state index is 13.0. The summed E-state index contributed by atoms with van der Waals surface area (Å²) in [5, 5.41) is 3.97. The lowest BCUT2D eigenvalue weighted by atomic mass is 9.86. The molecule has 0 fully saturated rings. The van der Waals surface area contributed by atoms with E-state index >= 15 is 0 Å². The van der Waals surface area contributed by atoms with E-state index in [2.05, 4.69) is 10.3 Å². The number of amides is 1. The highest BCUT2D eigenvalue weighted by molar-refractivity contribution is 6.30. The number of rotatable bonds is 4. The van der Waals surface area contributed by atoms with Crippen LogP contribution in [-0.2, 0) is 6.42 Å². The minimum absolute atomic E-state index is 0.0563. The largest absolute Gasteiger partial charge is 0.456 e. The number of carbonyl (C=O) groups excluding carboxylic acids is 3. The Kier molecular flexibility index (Phi) is 4.13. The van der Waals surface area contributed by atoms with Crippen LogP contribution >= 0.6 is 0 Å². The molecule has 0 radical (unpaired) electrons. The van der Waals surface area contributed by atoms with Gasteiger partial charge in [-0.25, -0.2) is 0 Å². The zero-order chi connectivity index (χ0) is 20.8. The van der Waals surface area contributed by atoms with Crippen molar-refractivity contribution in [3.8, 4) is 0 Å². The molecular formula is C24H18N2O4. The second-order valence-corrected chi connectivity index (χ2v) is 7.31. The van der Waals surface area contributed by atoms with Crippen LogP contribution in [0.1, 0.15) is 53.7 Å². The molecule has 1 aliphatic carbocycles. The van der Waals surface area contributed by atoms with E-state index in [4.69, 9.17) is 4.42 Å². The van der Waals surface area contributed by atoms with Crippen LogP contribution in [0.5, 0.6) is 0 Å². The number of ketones is 2. The Bertz CT molecular complexity index is 1340. The second-order valence-electron chi connectivity index (χ2n) is 7.31. The normalized spacial score (nSPS) is 12.7. The second kappa shape index (κ2) is 6.84. The summed E-state index contributed by atoms with van der Waals surface area (Å²) in [4.78, 5) is 41.9. The number of carbonyl (C=O) groups is 3. The number of furan rings is 1. The van der Waals surface area contributed by atoms with Gasteiger partial charge in [0.25, 0.3) is 5.91 Å². The summed E-state index contributed by atoms with van der Waals surface area (Å²) in [5.41, 5.74) is 2.93. The van der Waals surface area contributed by atoms with Gasteiger partial charge in [-0.3, -0.25) is 14.4 Å². The summed E-state index contributed by atoms with van der Waals surface area (Å²) >= 11 is 0. The molecule has 4 aromatic rings. The smallest absolute Gasteiger partial charge is 0.255 e. The maximum absolute atomic E-state index is 13.0. The Morgan fingerprint density at radius 1 is 1.00 bits per heavy atom. The van der Waals surface area contributed by atoms with Gasteiger partial charge in [0.1, 0.15) is 5.76 Å². The number of H-pyrrole nitrogens is 1. The topological polar surface area (TPSA) is 92.2 Å². The highest BCUT2D eigenvalue weighted by atomic mass is 16.4. The molecule has 148 valence electrons. The van der Waals surface area contributed by atoms with Gasteiger partial charge >= 0.3 is 0 Å².